The van der Waals surface area contributed by atoms with E-state index >= 15 is 0 Å². The van der Waals surface area contributed by atoms with E-state index in [1.165, 1.54) is 0 Å². The van der Waals surface area contributed by atoms with Gasteiger partial charge in [-0.1, -0.05) is 17.7 Å². The van der Waals surface area contributed by atoms with Gasteiger partial charge in [0.15, 0.2) is 0 Å². The number of halogens is 2. The fourth-order valence-electron chi connectivity index (χ4n) is 2.53. The Kier molecular flexibility index (Phi) is 6.78. The Balaban J connectivity index is 0.00000220. The highest BCUT2D eigenvalue weighted by Gasteiger charge is 2.34. The predicted octanol–water partition coefficient (Wildman–Crippen LogP) is 2.78. The molecule has 2 rings (SSSR count). The fraction of sp³-hybridized carbons (Fsp3) is 0.533. The minimum atomic E-state index is -0.341. The van der Waals surface area contributed by atoms with E-state index < -0.39 is 0 Å². The second-order valence-corrected chi connectivity index (χ2v) is 5.85. The molecule has 6 heteroatoms. The highest BCUT2D eigenvalue weighted by Crippen LogP contribution is 2.28. The number of nitrogens with one attached hydrogen (secondary N) is 2. The fourth-order valence-corrected chi connectivity index (χ4v) is 2.77. The lowest BCUT2D eigenvalue weighted by Gasteiger charge is -2.32. The Labute approximate surface area is 137 Å². The first-order valence-electron chi connectivity index (χ1n) is 6.87. The van der Waals surface area contributed by atoms with Gasteiger partial charge in [-0.05, 0) is 38.4 Å². The molecule has 2 N–H and O–H groups in total. The number of piperidine rings is 1. The topological polar surface area (TPSA) is 50.4 Å². The van der Waals surface area contributed by atoms with Crippen LogP contribution in [0.4, 0.5) is 0 Å². The smallest absolute Gasteiger partial charge is 0.227 e. The van der Waals surface area contributed by atoms with Crippen molar-refractivity contribution in [3.05, 3.63) is 28.8 Å². The predicted molar refractivity (Wildman–Crippen MR) is 87.3 cm³/mol. The van der Waals surface area contributed by atoms with Crippen LogP contribution in [-0.4, -0.2) is 26.1 Å². The maximum Gasteiger partial charge on any atom is 0.227 e. The summed E-state index contributed by atoms with van der Waals surface area (Å²) in [4.78, 5) is 12.4. The van der Waals surface area contributed by atoms with Crippen molar-refractivity contribution in [2.45, 2.75) is 26.3 Å². The van der Waals surface area contributed by atoms with E-state index in [-0.39, 0.29) is 23.7 Å². The molecule has 1 unspecified atom stereocenters. The van der Waals surface area contributed by atoms with Gasteiger partial charge in [-0.3, -0.25) is 4.79 Å². The Hall–Kier alpha value is -0.970. The zero-order valence-corrected chi connectivity index (χ0v) is 13.9. The quantitative estimate of drug-likeness (QED) is 0.891. The van der Waals surface area contributed by atoms with Gasteiger partial charge >= 0.3 is 0 Å². The van der Waals surface area contributed by atoms with E-state index in [2.05, 4.69) is 10.6 Å². The van der Waals surface area contributed by atoms with Gasteiger partial charge in [-0.15, -0.1) is 12.4 Å². The van der Waals surface area contributed by atoms with Crippen molar-refractivity contribution in [3.63, 3.8) is 0 Å². The number of benzene rings is 1. The van der Waals surface area contributed by atoms with E-state index in [9.17, 15) is 4.79 Å². The van der Waals surface area contributed by atoms with Crippen LogP contribution in [-0.2, 0) is 11.3 Å². The zero-order chi connectivity index (χ0) is 14.6. The van der Waals surface area contributed by atoms with Crippen molar-refractivity contribution in [2.24, 2.45) is 5.41 Å². The van der Waals surface area contributed by atoms with Crippen LogP contribution in [0, 0.1) is 5.41 Å². The first kappa shape index (κ1) is 18.1. The van der Waals surface area contributed by atoms with E-state index in [0.29, 0.717) is 17.3 Å². The maximum absolute atomic E-state index is 12.4. The zero-order valence-electron chi connectivity index (χ0n) is 12.4. The van der Waals surface area contributed by atoms with Crippen LogP contribution in [0.5, 0.6) is 5.75 Å². The lowest BCUT2D eigenvalue weighted by Crippen LogP contribution is -2.48. The van der Waals surface area contributed by atoms with Crippen LogP contribution in [0.2, 0.25) is 5.02 Å². The first-order chi connectivity index (χ1) is 9.57. The molecule has 0 aromatic heterocycles. The molecule has 1 fully saturated rings. The Morgan fingerprint density at radius 2 is 2.29 bits per heavy atom. The van der Waals surface area contributed by atoms with Gasteiger partial charge < -0.3 is 15.4 Å². The number of hydrogen-bond acceptors (Lipinski definition) is 3. The Morgan fingerprint density at radius 3 is 2.90 bits per heavy atom. The number of carbonyl (C=O) groups is 1. The molecule has 0 spiro atoms. The van der Waals surface area contributed by atoms with Crippen LogP contribution in [0.25, 0.3) is 0 Å². The molecule has 1 saturated heterocycles. The SMILES string of the molecule is COc1cccc(Cl)c1CNC(=O)C1(C)CCCNC1.Cl. The normalized spacial score (nSPS) is 21.3. The lowest BCUT2D eigenvalue weighted by atomic mass is 9.82. The van der Waals surface area contributed by atoms with Crippen LogP contribution in [0.3, 0.4) is 0 Å². The summed E-state index contributed by atoms with van der Waals surface area (Å²) in [6, 6.07) is 5.48. The summed E-state index contributed by atoms with van der Waals surface area (Å²) >= 11 is 6.17. The monoisotopic (exact) mass is 332 g/mol. The molecule has 1 heterocycles. The molecule has 1 amide bonds. The van der Waals surface area contributed by atoms with Gasteiger partial charge in [0.2, 0.25) is 5.91 Å². The Bertz CT molecular complexity index is 489. The van der Waals surface area contributed by atoms with E-state index in [4.69, 9.17) is 16.3 Å². The summed E-state index contributed by atoms with van der Waals surface area (Å²) in [7, 11) is 1.60. The van der Waals surface area contributed by atoms with Crippen LogP contribution >= 0.6 is 24.0 Å². The molecule has 4 nitrogen and oxygen atoms in total. The molecule has 0 bridgehead atoms. The minimum absolute atomic E-state index is 0. The average molecular weight is 333 g/mol. The highest BCUT2D eigenvalue weighted by molar-refractivity contribution is 6.31. The number of carbonyl (C=O) groups excluding carboxylic acids is 1. The number of methoxy groups -OCH3 is 1. The van der Waals surface area contributed by atoms with Gasteiger partial charge in [0.25, 0.3) is 0 Å². The molecule has 1 aromatic rings. The van der Waals surface area contributed by atoms with Crippen molar-refractivity contribution in [1.82, 2.24) is 10.6 Å². The number of amides is 1. The van der Waals surface area contributed by atoms with Crippen molar-refractivity contribution in [3.8, 4) is 5.75 Å². The summed E-state index contributed by atoms with van der Waals surface area (Å²) in [5, 5.41) is 6.87. The molecule has 1 aromatic carbocycles. The minimum Gasteiger partial charge on any atom is -0.496 e. The number of ether oxygens (including phenoxy) is 1. The van der Waals surface area contributed by atoms with Gasteiger partial charge in [-0.2, -0.15) is 0 Å². The molecule has 1 aliphatic heterocycles. The molecule has 118 valence electrons. The molecular weight excluding hydrogens is 311 g/mol. The van der Waals surface area contributed by atoms with Gasteiger partial charge in [-0.25, -0.2) is 0 Å². The summed E-state index contributed by atoms with van der Waals surface area (Å²) in [5.74, 6) is 0.761. The molecule has 21 heavy (non-hydrogen) atoms. The van der Waals surface area contributed by atoms with E-state index in [1.54, 1.807) is 13.2 Å². The summed E-state index contributed by atoms with van der Waals surface area (Å²) < 4.78 is 5.28. The third kappa shape index (κ3) is 4.25. The number of rotatable bonds is 4. The third-order valence-electron chi connectivity index (χ3n) is 3.87. The van der Waals surface area contributed by atoms with E-state index in [1.807, 2.05) is 19.1 Å². The van der Waals surface area contributed by atoms with Crippen LogP contribution in [0.1, 0.15) is 25.3 Å². The molecular formula is C15H22Cl2N2O2. The van der Waals surface area contributed by atoms with Crippen molar-refractivity contribution in [2.75, 3.05) is 20.2 Å². The van der Waals surface area contributed by atoms with Crippen molar-refractivity contribution >= 4 is 29.9 Å². The van der Waals surface area contributed by atoms with Crippen LogP contribution in [0.15, 0.2) is 18.2 Å². The highest BCUT2D eigenvalue weighted by atomic mass is 35.5. The molecule has 0 aliphatic carbocycles. The second kappa shape index (κ2) is 7.87. The standard InChI is InChI=1S/C15H21ClN2O2.ClH/c1-15(7-4-8-17-10-15)14(19)18-9-11-12(16)5-3-6-13(11)20-2;/h3,5-6,17H,4,7-10H2,1-2H3,(H,18,19);1H. The Morgan fingerprint density at radius 1 is 1.52 bits per heavy atom. The molecule has 0 saturated carbocycles. The van der Waals surface area contributed by atoms with Crippen molar-refractivity contribution in [1.29, 1.82) is 0 Å². The first-order valence-corrected chi connectivity index (χ1v) is 7.25. The molecule has 0 radical (unpaired) electrons. The van der Waals surface area contributed by atoms with Crippen LogP contribution < -0.4 is 15.4 Å². The second-order valence-electron chi connectivity index (χ2n) is 5.44. The maximum atomic E-state index is 12.4. The number of hydrogen-bond donors (Lipinski definition) is 2. The average Bonchev–Trinajstić information content (AvgIpc) is 2.46. The third-order valence-corrected chi connectivity index (χ3v) is 4.22. The molecule has 1 atom stereocenters. The van der Waals surface area contributed by atoms with Gasteiger partial charge in [0.05, 0.1) is 12.5 Å². The molecule has 1 aliphatic rings. The summed E-state index contributed by atoms with van der Waals surface area (Å²) in [5.41, 5.74) is 0.476. The van der Waals surface area contributed by atoms with Gasteiger partial charge in [0, 0.05) is 23.7 Å². The van der Waals surface area contributed by atoms with E-state index in [0.717, 1.165) is 31.5 Å². The summed E-state index contributed by atoms with van der Waals surface area (Å²) in [6.07, 6.45) is 1.94. The van der Waals surface area contributed by atoms with Gasteiger partial charge in [0.1, 0.15) is 5.75 Å². The van der Waals surface area contributed by atoms with Crippen molar-refractivity contribution < 1.29 is 9.53 Å². The lowest BCUT2D eigenvalue weighted by molar-refractivity contribution is -0.131. The largest absolute Gasteiger partial charge is 0.496 e. The summed E-state index contributed by atoms with van der Waals surface area (Å²) in [6.45, 7) is 4.09.